The van der Waals surface area contributed by atoms with Gasteiger partial charge in [0, 0.05) is 20.3 Å². The fourth-order valence-electron chi connectivity index (χ4n) is 1.29. The third kappa shape index (κ3) is 3.76. The zero-order valence-corrected chi connectivity index (χ0v) is 11.1. The summed E-state index contributed by atoms with van der Waals surface area (Å²) in [7, 11) is 1.49. The van der Waals surface area contributed by atoms with Crippen molar-refractivity contribution < 1.29 is 26.7 Å². The molecule has 20 heavy (non-hydrogen) atoms. The number of hydrogen-bond acceptors (Lipinski definition) is 2. The number of methoxy groups -OCH3 is 1. The molecule has 1 rings (SSSR count). The highest BCUT2D eigenvalue weighted by Crippen LogP contribution is 2.26. The molecule has 9 heteroatoms. The van der Waals surface area contributed by atoms with Crippen LogP contribution in [0.3, 0.4) is 0 Å². The summed E-state index contributed by atoms with van der Waals surface area (Å²) in [4.78, 5) is 0. The van der Waals surface area contributed by atoms with Gasteiger partial charge in [0.05, 0.1) is 0 Å². The predicted molar refractivity (Wildman–Crippen MR) is 66.9 cm³/mol. The van der Waals surface area contributed by atoms with E-state index in [0.29, 0.717) is 19.6 Å². The highest BCUT2D eigenvalue weighted by molar-refractivity contribution is 7.80. The number of nitrogens with one attached hydrogen (secondary N) is 2. The molecule has 0 saturated heterocycles. The van der Waals surface area contributed by atoms with E-state index >= 15 is 0 Å². The van der Waals surface area contributed by atoms with Crippen molar-refractivity contribution >= 4 is 23.0 Å². The third-order valence-electron chi connectivity index (χ3n) is 2.26. The lowest BCUT2D eigenvalue weighted by Crippen LogP contribution is -2.31. The number of ether oxygens (including phenoxy) is 1. The Hall–Kier alpha value is -1.48. The molecule has 0 heterocycles. The maximum absolute atomic E-state index is 13.3. The Morgan fingerprint density at radius 1 is 1.00 bits per heavy atom. The number of benzene rings is 1. The van der Waals surface area contributed by atoms with Crippen LogP contribution in [0.2, 0.25) is 0 Å². The minimum atomic E-state index is -2.22. The summed E-state index contributed by atoms with van der Waals surface area (Å²) in [6.45, 7) is 0.743. The molecule has 112 valence electrons. The molecule has 0 aliphatic rings. The summed E-state index contributed by atoms with van der Waals surface area (Å²) in [5, 5.41) is 4.23. The Morgan fingerprint density at radius 2 is 1.50 bits per heavy atom. The van der Waals surface area contributed by atoms with Crippen molar-refractivity contribution in [2.24, 2.45) is 0 Å². The number of thiocarbonyl (C=S) groups is 1. The molecule has 3 nitrogen and oxygen atoms in total. The predicted octanol–water partition coefficient (Wildman–Crippen LogP) is 2.71. The van der Waals surface area contributed by atoms with Crippen LogP contribution < -0.4 is 10.6 Å². The van der Waals surface area contributed by atoms with Gasteiger partial charge in [0.1, 0.15) is 5.69 Å². The van der Waals surface area contributed by atoms with Crippen LogP contribution in [0.5, 0.6) is 0 Å². The molecule has 0 aliphatic heterocycles. The Morgan fingerprint density at radius 3 is 2.00 bits per heavy atom. The van der Waals surface area contributed by atoms with Crippen molar-refractivity contribution in [3.8, 4) is 0 Å². The summed E-state index contributed by atoms with van der Waals surface area (Å²) in [6, 6.07) is 0. The van der Waals surface area contributed by atoms with Gasteiger partial charge >= 0.3 is 0 Å². The van der Waals surface area contributed by atoms with E-state index < -0.39 is 34.8 Å². The van der Waals surface area contributed by atoms with Crippen molar-refractivity contribution in [2.75, 3.05) is 25.6 Å². The van der Waals surface area contributed by atoms with Crippen LogP contribution in [0.1, 0.15) is 6.42 Å². The van der Waals surface area contributed by atoms with E-state index in [2.05, 4.69) is 17.5 Å². The zero-order chi connectivity index (χ0) is 15.3. The van der Waals surface area contributed by atoms with Gasteiger partial charge in [-0.25, -0.2) is 22.0 Å². The zero-order valence-electron chi connectivity index (χ0n) is 10.3. The van der Waals surface area contributed by atoms with E-state index in [4.69, 9.17) is 4.74 Å². The van der Waals surface area contributed by atoms with Crippen molar-refractivity contribution in [2.45, 2.75) is 6.42 Å². The molecule has 0 saturated carbocycles. The van der Waals surface area contributed by atoms with E-state index in [0.717, 1.165) is 0 Å². The topological polar surface area (TPSA) is 33.3 Å². The fourth-order valence-corrected chi connectivity index (χ4v) is 1.49. The molecule has 0 radical (unpaired) electrons. The number of hydrogen-bond donors (Lipinski definition) is 2. The lowest BCUT2D eigenvalue weighted by molar-refractivity contribution is 0.196. The van der Waals surface area contributed by atoms with Crippen LogP contribution in [-0.2, 0) is 4.74 Å². The first-order valence-corrected chi connectivity index (χ1v) is 5.86. The van der Waals surface area contributed by atoms with Gasteiger partial charge in [0.2, 0.25) is 5.82 Å². The summed E-state index contributed by atoms with van der Waals surface area (Å²) in [6.07, 6.45) is 0.551. The first kappa shape index (κ1) is 16.6. The van der Waals surface area contributed by atoms with Crippen molar-refractivity contribution in [3.63, 3.8) is 0 Å². The average molecular weight is 314 g/mol. The van der Waals surface area contributed by atoms with Gasteiger partial charge < -0.3 is 15.4 Å². The quantitative estimate of drug-likeness (QED) is 0.288. The van der Waals surface area contributed by atoms with Gasteiger partial charge in [-0.15, -0.1) is 0 Å². The van der Waals surface area contributed by atoms with E-state index in [9.17, 15) is 22.0 Å². The molecule has 0 atom stereocenters. The molecule has 0 unspecified atom stereocenters. The number of rotatable bonds is 5. The lowest BCUT2D eigenvalue weighted by Gasteiger charge is -2.12. The summed E-state index contributed by atoms with van der Waals surface area (Å²) < 4.78 is 70.0. The van der Waals surface area contributed by atoms with E-state index in [-0.39, 0.29) is 5.11 Å². The number of anilines is 1. The molecule has 0 fully saturated rings. The van der Waals surface area contributed by atoms with Crippen molar-refractivity contribution in [1.82, 2.24) is 5.32 Å². The molecule has 0 amide bonds. The number of halogens is 5. The minimum Gasteiger partial charge on any atom is -0.385 e. The van der Waals surface area contributed by atoms with Crippen LogP contribution >= 0.6 is 12.2 Å². The standard InChI is InChI=1S/C11H11F5N2OS/c1-19-4-2-3-17-11(20)18-10-8(15)6(13)5(12)7(14)9(10)16/h2-4H2,1H3,(H2,17,18,20). The monoisotopic (exact) mass is 314 g/mol. The molecule has 1 aromatic rings. The second-order valence-corrected chi connectivity index (χ2v) is 4.08. The van der Waals surface area contributed by atoms with E-state index in [1.165, 1.54) is 7.11 Å². The van der Waals surface area contributed by atoms with E-state index in [1.54, 1.807) is 0 Å². The van der Waals surface area contributed by atoms with Crippen molar-refractivity contribution in [3.05, 3.63) is 29.1 Å². The van der Waals surface area contributed by atoms with Gasteiger partial charge in [-0.2, -0.15) is 0 Å². The normalized spacial score (nSPS) is 10.5. The lowest BCUT2D eigenvalue weighted by atomic mass is 10.2. The molecular weight excluding hydrogens is 303 g/mol. The van der Waals surface area contributed by atoms with E-state index in [1.807, 2.05) is 5.32 Å². The first-order chi connectivity index (χ1) is 9.40. The van der Waals surface area contributed by atoms with Gasteiger partial charge in [0.25, 0.3) is 0 Å². The Kier molecular flexibility index (Phi) is 6.08. The molecule has 2 N–H and O–H groups in total. The van der Waals surface area contributed by atoms with Crippen molar-refractivity contribution in [1.29, 1.82) is 0 Å². The maximum atomic E-state index is 13.3. The molecule has 0 aromatic heterocycles. The highest BCUT2D eigenvalue weighted by atomic mass is 32.1. The third-order valence-corrected chi connectivity index (χ3v) is 2.51. The minimum absolute atomic E-state index is 0.260. The Balaban J connectivity index is 2.80. The highest BCUT2D eigenvalue weighted by Gasteiger charge is 2.26. The molecule has 0 bridgehead atoms. The molecule has 1 aromatic carbocycles. The van der Waals surface area contributed by atoms with Crippen LogP contribution in [0, 0.1) is 29.1 Å². The largest absolute Gasteiger partial charge is 0.385 e. The van der Waals surface area contributed by atoms with Crippen LogP contribution in [0.4, 0.5) is 27.6 Å². The van der Waals surface area contributed by atoms with Gasteiger partial charge in [-0.3, -0.25) is 0 Å². The summed E-state index contributed by atoms with van der Waals surface area (Å²) >= 11 is 4.69. The fraction of sp³-hybridized carbons (Fsp3) is 0.364. The summed E-state index contributed by atoms with van der Waals surface area (Å²) in [5.41, 5.74) is -1.19. The smallest absolute Gasteiger partial charge is 0.200 e. The molecular formula is C11H11F5N2OS. The molecule has 0 spiro atoms. The van der Waals surface area contributed by atoms with Crippen LogP contribution in [0.25, 0.3) is 0 Å². The van der Waals surface area contributed by atoms with Gasteiger partial charge in [0.15, 0.2) is 28.4 Å². The summed E-state index contributed by atoms with van der Waals surface area (Å²) in [5.74, 6) is -10.2. The Labute approximate surface area is 117 Å². The Bertz CT molecular complexity index is 483. The maximum Gasteiger partial charge on any atom is 0.200 e. The first-order valence-electron chi connectivity index (χ1n) is 5.45. The second kappa shape index (κ2) is 7.34. The van der Waals surface area contributed by atoms with Gasteiger partial charge in [-0.1, -0.05) is 0 Å². The molecule has 0 aliphatic carbocycles. The van der Waals surface area contributed by atoms with Gasteiger partial charge in [-0.05, 0) is 18.6 Å². The average Bonchev–Trinajstić information content (AvgIpc) is 2.44. The SMILES string of the molecule is COCCCNC(=S)Nc1c(F)c(F)c(F)c(F)c1F. The second-order valence-electron chi connectivity index (χ2n) is 3.67. The van der Waals surface area contributed by atoms with Crippen LogP contribution in [-0.4, -0.2) is 25.4 Å². The van der Waals surface area contributed by atoms with Crippen LogP contribution in [0.15, 0.2) is 0 Å².